The van der Waals surface area contributed by atoms with Gasteiger partial charge in [-0.2, -0.15) is 0 Å². The zero-order valence-electron chi connectivity index (χ0n) is 12.5. The summed E-state index contributed by atoms with van der Waals surface area (Å²) >= 11 is 0. The number of primary amides is 1. The summed E-state index contributed by atoms with van der Waals surface area (Å²) in [4.78, 5) is 25.2. The van der Waals surface area contributed by atoms with Crippen molar-refractivity contribution < 1.29 is 9.59 Å². The summed E-state index contributed by atoms with van der Waals surface area (Å²) in [6.45, 7) is 4.34. The number of nitrogens with zero attached hydrogens (tertiary/aromatic N) is 1. The summed E-state index contributed by atoms with van der Waals surface area (Å²) in [6.07, 6.45) is 1.75. The van der Waals surface area contributed by atoms with Crippen molar-refractivity contribution in [2.75, 3.05) is 19.6 Å². The van der Waals surface area contributed by atoms with Crippen LogP contribution in [0.3, 0.4) is 0 Å². The Morgan fingerprint density at radius 3 is 2.86 bits per heavy atom. The molecule has 0 aliphatic carbocycles. The highest BCUT2D eigenvalue weighted by atomic mass is 16.2. The average molecular weight is 289 g/mol. The predicted octanol–water partition coefficient (Wildman–Crippen LogP) is 0.809. The topological polar surface area (TPSA) is 75.4 Å². The van der Waals surface area contributed by atoms with Gasteiger partial charge in [0.2, 0.25) is 11.8 Å². The smallest absolute Gasteiger partial charge is 0.234 e. The van der Waals surface area contributed by atoms with Crippen molar-refractivity contribution in [1.82, 2.24) is 10.2 Å². The second-order valence-electron chi connectivity index (χ2n) is 5.68. The van der Waals surface area contributed by atoms with Crippen molar-refractivity contribution in [1.29, 1.82) is 0 Å². The van der Waals surface area contributed by atoms with Crippen LogP contribution in [0.5, 0.6) is 0 Å². The first-order valence-electron chi connectivity index (χ1n) is 7.39. The van der Waals surface area contributed by atoms with Crippen molar-refractivity contribution in [3.05, 3.63) is 35.4 Å². The molecule has 1 saturated heterocycles. The summed E-state index contributed by atoms with van der Waals surface area (Å²) in [6, 6.07) is 8.00. The molecule has 5 heteroatoms. The van der Waals surface area contributed by atoms with Crippen LogP contribution in [-0.4, -0.2) is 36.3 Å². The lowest BCUT2D eigenvalue weighted by Gasteiger charge is -2.30. The first kappa shape index (κ1) is 15.5. The summed E-state index contributed by atoms with van der Waals surface area (Å²) < 4.78 is 0. The molecule has 0 radical (unpaired) electrons. The van der Waals surface area contributed by atoms with Crippen LogP contribution in [0.2, 0.25) is 0 Å². The predicted molar refractivity (Wildman–Crippen MR) is 81.4 cm³/mol. The van der Waals surface area contributed by atoms with Gasteiger partial charge < -0.3 is 11.1 Å². The Kier molecular flexibility index (Phi) is 5.33. The quantitative estimate of drug-likeness (QED) is 0.842. The second kappa shape index (κ2) is 7.22. The first-order valence-corrected chi connectivity index (χ1v) is 7.39. The third kappa shape index (κ3) is 4.56. The molecule has 1 aromatic carbocycles. The van der Waals surface area contributed by atoms with E-state index in [2.05, 4.69) is 5.32 Å². The number of nitrogens with two attached hydrogens (primary N) is 1. The number of aryl methyl sites for hydroxylation is 1. The summed E-state index contributed by atoms with van der Waals surface area (Å²) in [5.74, 6) is -0.397. The molecule has 1 heterocycles. The minimum absolute atomic E-state index is 0.0108. The number of amides is 2. The standard InChI is InChI=1S/C16H23N3O2/c1-12-5-2-3-6-13(12)9-18-15(20)11-19-8-4-7-14(10-19)16(17)21/h2-3,5-6,14H,4,7-11H2,1H3,(H2,17,21)(H,18,20)/t14-/m1/s1. The molecule has 5 nitrogen and oxygen atoms in total. The lowest BCUT2D eigenvalue weighted by Crippen LogP contribution is -2.45. The maximum atomic E-state index is 12.0. The number of nitrogens with one attached hydrogen (secondary N) is 1. The Morgan fingerprint density at radius 1 is 1.38 bits per heavy atom. The maximum absolute atomic E-state index is 12.0. The van der Waals surface area contributed by atoms with E-state index in [0.29, 0.717) is 19.6 Å². The number of carbonyl (C=O) groups excluding carboxylic acids is 2. The monoisotopic (exact) mass is 289 g/mol. The molecule has 1 aliphatic rings. The van der Waals surface area contributed by atoms with E-state index >= 15 is 0 Å². The Balaban J connectivity index is 1.79. The van der Waals surface area contributed by atoms with Gasteiger partial charge in [0.15, 0.2) is 0 Å². The molecule has 0 aromatic heterocycles. The Morgan fingerprint density at radius 2 is 2.14 bits per heavy atom. The van der Waals surface area contributed by atoms with Crippen LogP contribution in [-0.2, 0) is 16.1 Å². The van der Waals surface area contributed by atoms with Gasteiger partial charge in [0.1, 0.15) is 0 Å². The van der Waals surface area contributed by atoms with E-state index in [4.69, 9.17) is 5.73 Å². The van der Waals surface area contributed by atoms with Gasteiger partial charge in [0.25, 0.3) is 0 Å². The van der Waals surface area contributed by atoms with Gasteiger partial charge in [-0.05, 0) is 37.4 Å². The van der Waals surface area contributed by atoms with Crippen molar-refractivity contribution in [2.45, 2.75) is 26.3 Å². The van der Waals surface area contributed by atoms with E-state index in [1.54, 1.807) is 0 Å². The normalized spacial score (nSPS) is 19.2. The van der Waals surface area contributed by atoms with Crippen LogP contribution in [0.15, 0.2) is 24.3 Å². The average Bonchev–Trinajstić information content (AvgIpc) is 2.46. The Labute approximate surface area is 125 Å². The Bertz CT molecular complexity index is 516. The maximum Gasteiger partial charge on any atom is 0.234 e. The summed E-state index contributed by atoms with van der Waals surface area (Å²) in [5.41, 5.74) is 7.64. The van der Waals surface area contributed by atoms with Crippen LogP contribution in [0.1, 0.15) is 24.0 Å². The molecule has 0 bridgehead atoms. The molecule has 0 saturated carbocycles. The van der Waals surface area contributed by atoms with Gasteiger partial charge in [-0.15, -0.1) is 0 Å². The fourth-order valence-corrected chi connectivity index (χ4v) is 2.69. The minimum Gasteiger partial charge on any atom is -0.369 e. The number of hydrogen-bond donors (Lipinski definition) is 2. The van der Waals surface area contributed by atoms with Crippen LogP contribution in [0, 0.1) is 12.8 Å². The van der Waals surface area contributed by atoms with E-state index in [-0.39, 0.29) is 17.7 Å². The first-order chi connectivity index (χ1) is 10.1. The SMILES string of the molecule is Cc1ccccc1CNC(=O)CN1CCC[C@@H](C(N)=O)C1. The van der Waals surface area contributed by atoms with Gasteiger partial charge in [-0.1, -0.05) is 24.3 Å². The Hall–Kier alpha value is -1.88. The zero-order chi connectivity index (χ0) is 15.2. The molecule has 0 unspecified atom stereocenters. The highest BCUT2D eigenvalue weighted by Crippen LogP contribution is 2.15. The highest BCUT2D eigenvalue weighted by molar-refractivity contribution is 5.79. The second-order valence-corrected chi connectivity index (χ2v) is 5.68. The molecular weight excluding hydrogens is 266 g/mol. The fraction of sp³-hybridized carbons (Fsp3) is 0.500. The largest absolute Gasteiger partial charge is 0.369 e. The van der Waals surface area contributed by atoms with Crippen molar-refractivity contribution in [3.8, 4) is 0 Å². The van der Waals surface area contributed by atoms with Crippen molar-refractivity contribution in [2.24, 2.45) is 11.7 Å². The van der Waals surface area contributed by atoms with Crippen LogP contribution < -0.4 is 11.1 Å². The van der Waals surface area contributed by atoms with Crippen LogP contribution in [0.25, 0.3) is 0 Å². The van der Waals surface area contributed by atoms with Crippen molar-refractivity contribution >= 4 is 11.8 Å². The minimum atomic E-state index is -0.264. The molecule has 1 aromatic rings. The highest BCUT2D eigenvalue weighted by Gasteiger charge is 2.24. The van der Waals surface area contributed by atoms with Gasteiger partial charge in [0.05, 0.1) is 12.5 Å². The molecule has 3 N–H and O–H groups in total. The molecule has 1 aliphatic heterocycles. The summed E-state index contributed by atoms with van der Waals surface area (Å²) in [5, 5.41) is 2.93. The van der Waals surface area contributed by atoms with E-state index in [1.165, 1.54) is 5.56 Å². The van der Waals surface area contributed by atoms with E-state index in [1.807, 2.05) is 36.1 Å². The number of rotatable bonds is 5. The summed E-state index contributed by atoms with van der Waals surface area (Å²) in [7, 11) is 0. The third-order valence-electron chi connectivity index (χ3n) is 4.01. The number of likely N-dealkylation sites (tertiary alicyclic amines) is 1. The molecule has 1 fully saturated rings. The molecule has 2 rings (SSSR count). The molecule has 0 spiro atoms. The number of carbonyl (C=O) groups is 2. The molecule has 2 amide bonds. The number of piperidine rings is 1. The van der Waals surface area contributed by atoms with Crippen LogP contribution >= 0.6 is 0 Å². The van der Waals surface area contributed by atoms with E-state index in [9.17, 15) is 9.59 Å². The molecular formula is C16H23N3O2. The van der Waals surface area contributed by atoms with Gasteiger partial charge >= 0.3 is 0 Å². The fourth-order valence-electron chi connectivity index (χ4n) is 2.69. The van der Waals surface area contributed by atoms with Crippen LogP contribution in [0.4, 0.5) is 0 Å². The van der Waals surface area contributed by atoms with Crippen molar-refractivity contribution in [3.63, 3.8) is 0 Å². The van der Waals surface area contributed by atoms with Gasteiger partial charge in [-0.25, -0.2) is 0 Å². The molecule has 114 valence electrons. The number of hydrogen-bond acceptors (Lipinski definition) is 3. The molecule has 1 atom stereocenters. The van der Waals surface area contributed by atoms with Gasteiger partial charge in [-0.3, -0.25) is 14.5 Å². The lowest BCUT2D eigenvalue weighted by molar-refractivity contribution is -0.126. The number of benzene rings is 1. The van der Waals surface area contributed by atoms with Gasteiger partial charge in [0, 0.05) is 13.1 Å². The molecule has 21 heavy (non-hydrogen) atoms. The third-order valence-corrected chi connectivity index (χ3v) is 4.01. The lowest BCUT2D eigenvalue weighted by atomic mass is 9.97. The van der Waals surface area contributed by atoms with E-state index < -0.39 is 0 Å². The van der Waals surface area contributed by atoms with E-state index in [0.717, 1.165) is 24.9 Å². The zero-order valence-corrected chi connectivity index (χ0v) is 12.5.